The first-order chi connectivity index (χ1) is 12.7. The summed E-state index contributed by atoms with van der Waals surface area (Å²) in [5.74, 6) is 0.748. The Balaban J connectivity index is 2.06. The Morgan fingerprint density at radius 3 is 2.48 bits per heavy atom. The summed E-state index contributed by atoms with van der Waals surface area (Å²) in [5, 5.41) is 40.5. The maximum atomic E-state index is 10.6. The van der Waals surface area contributed by atoms with Gasteiger partial charge in [-0.05, 0) is 51.5 Å². The lowest BCUT2D eigenvalue weighted by Crippen LogP contribution is -2.67. The van der Waals surface area contributed by atoms with Crippen molar-refractivity contribution in [2.45, 2.75) is 63.9 Å². The third kappa shape index (κ3) is 3.46. The van der Waals surface area contributed by atoms with Crippen molar-refractivity contribution in [3.63, 3.8) is 0 Å². The molecule has 0 bridgehead atoms. The quantitative estimate of drug-likeness (QED) is 0.616. The van der Waals surface area contributed by atoms with Crippen molar-refractivity contribution in [2.24, 2.45) is 0 Å². The minimum atomic E-state index is -1.42. The van der Waals surface area contributed by atoms with Crippen molar-refractivity contribution in [3.05, 3.63) is 29.8 Å². The number of rotatable bonds is 4. The van der Waals surface area contributed by atoms with Crippen LogP contribution >= 0.6 is 0 Å². The summed E-state index contributed by atoms with van der Waals surface area (Å²) in [6.07, 6.45) is -3.97. The lowest BCUT2D eigenvalue weighted by Gasteiger charge is -2.52. The first kappa shape index (κ1) is 20.1. The molecule has 4 N–H and O–H groups in total. The molecule has 0 aliphatic carbocycles. The fourth-order valence-corrected chi connectivity index (χ4v) is 4.05. The van der Waals surface area contributed by atoms with Crippen LogP contribution in [0, 0.1) is 0 Å². The van der Waals surface area contributed by atoms with Gasteiger partial charge in [0.25, 0.3) is 0 Å². The van der Waals surface area contributed by atoms with Gasteiger partial charge in [0, 0.05) is 11.3 Å². The van der Waals surface area contributed by atoms with E-state index in [1.807, 2.05) is 50.8 Å². The molecule has 0 radical (unpaired) electrons. The summed E-state index contributed by atoms with van der Waals surface area (Å²) in [6.45, 7) is 8.01. The molecule has 1 saturated heterocycles. The monoisotopic (exact) mass is 379 g/mol. The van der Waals surface area contributed by atoms with Gasteiger partial charge >= 0.3 is 0 Å². The van der Waals surface area contributed by atoms with E-state index in [1.165, 1.54) is 0 Å². The Hall–Kier alpha value is -1.64. The van der Waals surface area contributed by atoms with Gasteiger partial charge in [-0.25, -0.2) is 0 Å². The van der Waals surface area contributed by atoms with E-state index < -0.39 is 42.8 Å². The SMILES string of the molecule is CCOc1ccc2c(c1)C(C)=CC(C)(C)N2C1O[C@H](CO)[C@@H](O)[C@H](O)[C@H]1O. The zero-order chi connectivity index (χ0) is 19.9. The molecule has 2 heterocycles. The minimum absolute atomic E-state index is 0.458. The number of hydrogen-bond acceptors (Lipinski definition) is 7. The number of anilines is 1. The van der Waals surface area contributed by atoms with E-state index >= 15 is 0 Å². The van der Waals surface area contributed by atoms with Gasteiger partial charge in [-0.15, -0.1) is 0 Å². The molecule has 150 valence electrons. The van der Waals surface area contributed by atoms with E-state index in [4.69, 9.17) is 9.47 Å². The van der Waals surface area contributed by atoms with Crippen molar-refractivity contribution in [2.75, 3.05) is 18.1 Å². The molecular formula is C20H29NO6. The van der Waals surface area contributed by atoms with Crippen LogP contribution in [0.15, 0.2) is 24.3 Å². The second-order valence-electron chi connectivity index (χ2n) is 7.68. The van der Waals surface area contributed by atoms with Crippen molar-refractivity contribution in [1.82, 2.24) is 0 Å². The number of nitrogens with zero attached hydrogens (tertiary/aromatic N) is 1. The number of aliphatic hydroxyl groups is 4. The molecule has 1 aromatic rings. The van der Waals surface area contributed by atoms with Gasteiger partial charge in [-0.2, -0.15) is 0 Å². The normalized spacial score (nSPS) is 32.7. The standard InChI is InChI=1S/C20H29NO6/c1-5-26-12-6-7-14-13(8-12)11(2)9-20(3,4)21(14)19-18(25)17(24)16(23)15(10-22)27-19/h6-9,15-19,22-25H,5,10H2,1-4H3/t15-,16-,17+,18-,19?/m1/s1. The van der Waals surface area contributed by atoms with Gasteiger partial charge in [0.15, 0.2) is 6.23 Å². The third-order valence-electron chi connectivity index (χ3n) is 5.28. The number of ether oxygens (including phenoxy) is 2. The maximum absolute atomic E-state index is 10.6. The lowest BCUT2D eigenvalue weighted by atomic mass is 9.86. The Morgan fingerprint density at radius 2 is 1.85 bits per heavy atom. The zero-order valence-corrected chi connectivity index (χ0v) is 16.2. The van der Waals surface area contributed by atoms with E-state index in [2.05, 4.69) is 6.08 Å². The molecule has 27 heavy (non-hydrogen) atoms. The van der Waals surface area contributed by atoms with Crippen LogP contribution in [0.25, 0.3) is 5.57 Å². The average Bonchev–Trinajstić information content (AvgIpc) is 2.61. The molecule has 0 amide bonds. The van der Waals surface area contributed by atoms with E-state index in [0.717, 1.165) is 22.6 Å². The molecule has 3 rings (SSSR count). The van der Waals surface area contributed by atoms with Crippen LogP contribution in [-0.4, -0.2) is 69.8 Å². The average molecular weight is 379 g/mol. The molecule has 7 nitrogen and oxygen atoms in total. The number of hydrogen-bond donors (Lipinski definition) is 4. The fraction of sp³-hybridized carbons (Fsp3) is 0.600. The summed E-state index contributed by atoms with van der Waals surface area (Å²) in [5.41, 5.74) is 2.31. The van der Waals surface area contributed by atoms with Gasteiger partial charge in [0.05, 0.1) is 18.8 Å². The van der Waals surface area contributed by atoms with Crippen LogP contribution in [0.5, 0.6) is 5.75 Å². The van der Waals surface area contributed by atoms with Crippen molar-refractivity contribution >= 4 is 11.3 Å². The summed E-state index contributed by atoms with van der Waals surface area (Å²) < 4.78 is 11.4. The Kier molecular flexibility index (Phi) is 5.52. The second-order valence-corrected chi connectivity index (χ2v) is 7.68. The highest BCUT2D eigenvalue weighted by Crippen LogP contribution is 2.43. The fourth-order valence-electron chi connectivity index (χ4n) is 4.05. The first-order valence-electron chi connectivity index (χ1n) is 9.27. The number of allylic oxidation sites excluding steroid dienone is 1. The summed E-state index contributed by atoms with van der Waals surface area (Å²) in [6, 6.07) is 5.70. The molecule has 1 aromatic carbocycles. The van der Waals surface area contributed by atoms with Crippen molar-refractivity contribution < 1.29 is 29.9 Å². The smallest absolute Gasteiger partial charge is 0.160 e. The van der Waals surface area contributed by atoms with Crippen LogP contribution < -0.4 is 9.64 Å². The Morgan fingerprint density at radius 1 is 1.15 bits per heavy atom. The first-order valence-corrected chi connectivity index (χ1v) is 9.27. The number of aliphatic hydroxyl groups excluding tert-OH is 4. The summed E-state index contributed by atoms with van der Waals surface area (Å²) in [4.78, 5) is 1.88. The van der Waals surface area contributed by atoms with Gasteiger partial charge < -0.3 is 34.8 Å². The summed E-state index contributed by atoms with van der Waals surface area (Å²) in [7, 11) is 0. The summed E-state index contributed by atoms with van der Waals surface area (Å²) >= 11 is 0. The third-order valence-corrected chi connectivity index (χ3v) is 5.28. The van der Waals surface area contributed by atoms with Gasteiger partial charge in [0.2, 0.25) is 0 Å². The van der Waals surface area contributed by atoms with Gasteiger partial charge in [-0.1, -0.05) is 6.08 Å². The van der Waals surface area contributed by atoms with E-state index in [-0.39, 0.29) is 0 Å². The van der Waals surface area contributed by atoms with E-state index in [0.29, 0.717) is 6.61 Å². The molecule has 2 aliphatic rings. The molecule has 1 fully saturated rings. The Bertz CT molecular complexity index is 716. The van der Waals surface area contributed by atoms with E-state index in [1.54, 1.807) is 0 Å². The highest BCUT2D eigenvalue weighted by atomic mass is 16.6. The zero-order valence-electron chi connectivity index (χ0n) is 16.2. The highest BCUT2D eigenvalue weighted by Gasteiger charge is 2.49. The van der Waals surface area contributed by atoms with Crippen LogP contribution in [0.4, 0.5) is 5.69 Å². The molecule has 2 aliphatic heterocycles. The van der Waals surface area contributed by atoms with E-state index in [9.17, 15) is 20.4 Å². The van der Waals surface area contributed by atoms with Crippen LogP contribution in [0.2, 0.25) is 0 Å². The van der Waals surface area contributed by atoms with Gasteiger partial charge in [-0.3, -0.25) is 0 Å². The molecule has 5 atom stereocenters. The largest absolute Gasteiger partial charge is 0.494 e. The molecule has 0 spiro atoms. The van der Waals surface area contributed by atoms with Crippen LogP contribution in [0.3, 0.4) is 0 Å². The van der Waals surface area contributed by atoms with Crippen LogP contribution in [-0.2, 0) is 4.74 Å². The van der Waals surface area contributed by atoms with Crippen molar-refractivity contribution in [3.8, 4) is 5.75 Å². The van der Waals surface area contributed by atoms with Crippen molar-refractivity contribution in [1.29, 1.82) is 0 Å². The predicted octanol–water partition coefficient (Wildman–Crippen LogP) is 0.887. The molecule has 0 aromatic heterocycles. The lowest BCUT2D eigenvalue weighted by molar-refractivity contribution is -0.230. The molecule has 7 heteroatoms. The number of fused-ring (bicyclic) bond motifs is 1. The Labute approximate surface area is 159 Å². The molecular weight excluding hydrogens is 350 g/mol. The number of benzene rings is 1. The topological polar surface area (TPSA) is 103 Å². The van der Waals surface area contributed by atoms with Gasteiger partial charge in [0.1, 0.15) is 30.2 Å². The predicted molar refractivity (Wildman–Crippen MR) is 102 cm³/mol. The highest BCUT2D eigenvalue weighted by molar-refractivity contribution is 5.82. The molecule has 0 saturated carbocycles. The molecule has 1 unspecified atom stereocenters. The maximum Gasteiger partial charge on any atom is 0.160 e. The second kappa shape index (κ2) is 7.41. The minimum Gasteiger partial charge on any atom is -0.494 e. The van der Waals surface area contributed by atoms with Crippen LogP contribution in [0.1, 0.15) is 33.3 Å².